The first kappa shape index (κ1) is 18.3. The van der Waals surface area contributed by atoms with Gasteiger partial charge in [-0.3, -0.25) is 9.67 Å². The van der Waals surface area contributed by atoms with E-state index in [2.05, 4.69) is 35.8 Å². The zero-order chi connectivity index (χ0) is 20.5. The van der Waals surface area contributed by atoms with Gasteiger partial charge < -0.3 is 15.4 Å². The molecule has 0 amide bonds. The molecular weight excluding hydrogens is 374 g/mol. The number of nitrogens with zero attached hydrogens (tertiary/aromatic N) is 7. The van der Waals surface area contributed by atoms with Crippen molar-refractivity contribution < 1.29 is 9.53 Å². The first-order valence-electron chi connectivity index (χ1n) is 8.72. The zero-order valence-electron chi connectivity index (χ0n) is 16.3. The van der Waals surface area contributed by atoms with Gasteiger partial charge in [-0.05, 0) is 13.0 Å². The van der Waals surface area contributed by atoms with Crippen LogP contribution in [0.1, 0.15) is 16.1 Å². The Labute approximate surface area is 165 Å². The molecule has 4 aromatic rings. The third kappa shape index (κ3) is 3.57. The summed E-state index contributed by atoms with van der Waals surface area (Å²) in [5.74, 6) is 0.536. The highest BCUT2D eigenvalue weighted by Crippen LogP contribution is 2.26. The van der Waals surface area contributed by atoms with Crippen LogP contribution in [-0.2, 0) is 18.8 Å². The summed E-state index contributed by atoms with van der Waals surface area (Å²) in [7, 11) is 4.96. The lowest BCUT2D eigenvalue weighted by Gasteiger charge is -2.08. The number of aromatic nitrogens is 7. The van der Waals surface area contributed by atoms with Crippen LogP contribution in [-0.4, -0.2) is 47.6 Å². The van der Waals surface area contributed by atoms with Gasteiger partial charge in [0.1, 0.15) is 0 Å². The lowest BCUT2D eigenvalue weighted by Crippen LogP contribution is -2.05. The third-order valence-electron chi connectivity index (χ3n) is 4.30. The molecule has 11 heteroatoms. The number of anilines is 4. The van der Waals surface area contributed by atoms with E-state index in [4.69, 9.17) is 4.74 Å². The van der Waals surface area contributed by atoms with Crippen molar-refractivity contribution in [3.05, 3.63) is 42.1 Å². The molecule has 11 nitrogen and oxygen atoms in total. The number of carbonyl (C=O) groups is 1. The molecule has 0 aliphatic rings. The van der Waals surface area contributed by atoms with Crippen molar-refractivity contribution in [3.8, 4) is 0 Å². The highest BCUT2D eigenvalue weighted by atomic mass is 16.5. The van der Waals surface area contributed by atoms with Gasteiger partial charge in [-0.1, -0.05) is 0 Å². The summed E-state index contributed by atoms with van der Waals surface area (Å²) in [4.78, 5) is 24.9. The summed E-state index contributed by atoms with van der Waals surface area (Å²) in [5.41, 5.74) is 3.13. The molecule has 0 saturated heterocycles. The molecule has 0 aliphatic carbocycles. The van der Waals surface area contributed by atoms with Crippen LogP contribution in [0.3, 0.4) is 0 Å². The van der Waals surface area contributed by atoms with Crippen molar-refractivity contribution in [2.75, 3.05) is 17.7 Å². The van der Waals surface area contributed by atoms with E-state index in [1.807, 2.05) is 20.2 Å². The molecule has 0 aliphatic heterocycles. The smallest absolute Gasteiger partial charge is 0.339 e. The fraction of sp³-hybridized carbons (Fsp3) is 0.222. The molecular formula is C18H19N9O2. The minimum Gasteiger partial charge on any atom is -0.465 e. The topological polar surface area (TPSA) is 125 Å². The molecule has 0 spiro atoms. The van der Waals surface area contributed by atoms with E-state index < -0.39 is 5.97 Å². The Balaban J connectivity index is 1.66. The van der Waals surface area contributed by atoms with E-state index in [9.17, 15) is 4.79 Å². The minimum atomic E-state index is -0.458. The van der Waals surface area contributed by atoms with Gasteiger partial charge in [0.2, 0.25) is 5.95 Å². The zero-order valence-corrected chi connectivity index (χ0v) is 16.3. The van der Waals surface area contributed by atoms with Gasteiger partial charge in [0.05, 0.1) is 41.3 Å². The van der Waals surface area contributed by atoms with Crippen molar-refractivity contribution >= 4 is 40.1 Å². The Morgan fingerprint density at radius 1 is 1.14 bits per heavy atom. The monoisotopic (exact) mass is 393 g/mol. The van der Waals surface area contributed by atoms with Crippen LogP contribution in [0.25, 0.3) is 11.0 Å². The van der Waals surface area contributed by atoms with E-state index in [1.165, 1.54) is 13.3 Å². The fourth-order valence-electron chi connectivity index (χ4n) is 2.82. The van der Waals surface area contributed by atoms with Crippen LogP contribution in [0, 0.1) is 6.92 Å². The number of hydrogen-bond acceptors (Lipinski definition) is 9. The van der Waals surface area contributed by atoms with Crippen molar-refractivity contribution in [3.63, 3.8) is 0 Å². The molecule has 29 heavy (non-hydrogen) atoms. The fourth-order valence-corrected chi connectivity index (χ4v) is 2.82. The summed E-state index contributed by atoms with van der Waals surface area (Å²) in [6.45, 7) is 1.83. The molecule has 4 heterocycles. The van der Waals surface area contributed by atoms with E-state index in [1.54, 1.807) is 34.9 Å². The Kier molecular flexibility index (Phi) is 4.55. The van der Waals surface area contributed by atoms with Gasteiger partial charge in [-0.2, -0.15) is 15.2 Å². The standard InChI is InChI=1S/C18H19N9O2/c1-10-14(5-11(6-19-10)17(28)29-4)23-15-13-8-20-18(24-16(13)27(3)25-15)22-12-7-21-26(2)9-12/h5-9H,1-4H3,(H,23,25)(H,20,22,24). The van der Waals surface area contributed by atoms with Crippen LogP contribution in [0.4, 0.5) is 23.1 Å². The summed E-state index contributed by atoms with van der Waals surface area (Å²) < 4.78 is 8.10. The van der Waals surface area contributed by atoms with Gasteiger partial charge in [0.25, 0.3) is 0 Å². The quantitative estimate of drug-likeness (QED) is 0.490. The average Bonchev–Trinajstić information content (AvgIpc) is 3.25. The third-order valence-corrected chi connectivity index (χ3v) is 4.30. The number of pyridine rings is 1. The average molecular weight is 393 g/mol. The van der Waals surface area contributed by atoms with Crippen LogP contribution in [0.5, 0.6) is 0 Å². The van der Waals surface area contributed by atoms with Crippen molar-refractivity contribution in [2.24, 2.45) is 14.1 Å². The second-order valence-corrected chi connectivity index (χ2v) is 6.40. The lowest BCUT2D eigenvalue weighted by molar-refractivity contribution is 0.0600. The van der Waals surface area contributed by atoms with Crippen molar-refractivity contribution in [1.29, 1.82) is 0 Å². The molecule has 0 radical (unpaired) electrons. The van der Waals surface area contributed by atoms with Crippen LogP contribution in [0.2, 0.25) is 0 Å². The summed E-state index contributed by atoms with van der Waals surface area (Å²) >= 11 is 0. The first-order valence-corrected chi connectivity index (χ1v) is 8.72. The second kappa shape index (κ2) is 7.19. The molecule has 0 bridgehead atoms. The van der Waals surface area contributed by atoms with Gasteiger partial charge >= 0.3 is 5.97 Å². The Morgan fingerprint density at radius 3 is 2.69 bits per heavy atom. The SMILES string of the molecule is COC(=O)c1cnc(C)c(Nc2nn(C)c3nc(Nc4cnn(C)c4)ncc23)c1. The largest absolute Gasteiger partial charge is 0.465 e. The Morgan fingerprint density at radius 2 is 1.97 bits per heavy atom. The summed E-state index contributed by atoms with van der Waals surface area (Å²) in [5, 5.41) is 15.6. The van der Waals surface area contributed by atoms with E-state index in [0.717, 1.165) is 11.1 Å². The van der Waals surface area contributed by atoms with E-state index in [0.29, 0.717) is 34.4 Å². The Hall–Kier alpha value is -4.02. The molecule has 0 unspecified atom stereocenters. The number of esters is 1. The van der Waals surface area contributed by atoms with Crippen LogP contribution >= 0.6 is 0 Å². The minimum absolute atomic E-state index is 0.347. The predicted octanol–water partition coefficient (Wildman–Crippen LogP) is 2.07. The maximum atomic E-state index is 11.8. The highest BCUT2D eigenvalue weighted by molar-refractivity contribution is 5.92. The van der Waals surface area contributed by atoms with E-state index >= 15 is 0 Å². The molecule has 4 rings (SSSR count). The second-order valence-electron chi connectivity index (χ2n) is 6.40. The van der Waals surface area contributed by atoms with Crippen molar-refractivity contribution in [2.45, 2.75) is 6.92 Å². The van der Waals surface area contributed by atoms with Gasteiger partial charge in [-0.15, -0.1) is 0 Å². The van der Waals surface area contributed by atoms with Crippen molar-refractivity contribution in [1.82, 2.24) is 34.5 Å². The number of fused-ring (bicyclic) bond motifs is 1. The number of nitrogens with one attached hydrogen (secondary N) is 2. The summed E-state index contributed by atoms with van der Waals surface area (Å²) in [6, 6.07) is 1.67. The normalized spacial score (nSPS) is 10.9. The Bertz CT molecular complexity index is 1210. The van der Waals surface area contributed by atoms with Crippen LogP contribution in [0.15, 0.2) is 30.9 Å². The van der Waals surface area contributed by atoms with Gasteiger partial charge in [0.15, 0.2) is 11.5 Å². The molecule has 4 aromatic heterocycles. The number of ether oxygens (including phenoxy) is 1. The maximum Gasteiger partial charge on any atom is 0.339 e. The molecule has 0 fully saturated rings. The molecule has 2 N–H and O–H groups in total. The maximum absolute atomic E-state index is 11.8. The molecule has 0 saturated carbocycles. The predicted molar refractivity (Wildman–Crippen MR) is 106 cm³/mol. The molecule has 148 valence electrons. The number of aryl methyl sites for hydroxylation is 3. The van der Waals surface area contributed by atoms with Gasteiger partial charge in [-0.25, -0.2) is 14.5 Å². The highest BCUT2D eigenvalue weighted by Gasteiger charge is 2.15. The molecule has 0 aromatic carbocycles. The first-order chi connectivity index (χ1) is 13.9. The number of rotatable bonds is 5. The summed E-state index contributed by atoms with van der Waals surface area (Å²) in [6.07, 6.45) is 6.67. The lowest BCUT2D eigenvalue weighted by atomic mass is 10.2. The number of carbonyl (C=O) groups excluding carboxylic acids is 1. The van der Waals surface area contributed by atoms with Crippen LogP contribution < -0.4 is 10.6 Å². The number of hydrogen-bond donors (Lipinski definition) is 2. The molecule has 0 atom stereocenters. The van der Waals surface area contributed by atoms with Gasteiger partial charge in [0, 0.05) is 32.7 Å². The van der Waals surface area contributed by atoms with E-state index in [-0.39, 0.29) is 0 Å². The number of methoxy groups -OCH3 is 1.